The highest BCUT2D eigenvalue weighted by atomic mass is 16.5. The molecule has 0 aliphatic heterocycles. The highest BCUT2D eigenvalue weighted by Crippen LogP contribution is 2.44. The number of carboxylic acid groups (broad SMARTS) is 1. The summed E-state index contributed by atoms with van der Waals surface area (Å²) in [7, 11) is 0. The lowest BCUT2D eigenvalue weighted by atomic mass is 9.67. The molecule has 3 heteroatoms. The number of carbonyl (C=O) groups is 1. The van der Waals surface area contributed by atoms with Crippen LogP contribution in [0.15, 0.2) is 0 Å². The number of ether oxygens (including phenoxy) is 1. The van der Waals surface area contributed by atoms with Gasteiger partial charge in [-0.15, -0.1) is 0 Å². The Labute approximate surface area is 85.5 Å². The van der Waals surface area contributed by atoms with Crippen molar-refractivity contribution in [3.05, 3.63) is 0 Å². The molecule has 1 rings (SSSR count). The maximum atomic E-state index is 11.0. The fourth-order valence-corrected chi connectivity index (χ4v) is 1.76. The topological polar surface area (TPSA) is 46.5 Å². The summed E-state index contributed by atoms with van der Waals surface area (Å²) in [4.78, 5) is 11.0. The van der Waals surface area contributed by atoms with Crippen molar-refractivity contribution >= 4 is 5.97 Å². The average molecular weight is 200 g/mol. The van der Waals surface area contributed by atoms with E-state index in [1.807, 2.05) is 0 Å². The number of hydrogen-bond acceptors (Lipinski definition) is 2. The van der Waals surface area contributed by atoms with Gasteiger partial charge in [-0.1, -0.05) is 20.3 Å². The lowest BCUT2D eigenvalue weighted by molar-refractivity contribution is -0.156. The third-order valence-corrected chi connectivity index (χ3v) is 2.94. The molecule has 82 valence electrons. The summed E-state index contributed by atoms with van der Waals surface area (Å²) in [5, 5.41) is 9.04. The van der Waals surface area contributed by atoms with E-state index in [1.165, 1.54) is 0 Å². The van der Waals surface area contributed by atoms with Crippen molar-refractivity contribution in [1.82, 2.24) is 0 Å². The molecule has 0 heterocycles. The molecule has 0 atom stereocenters. The van der Waals surface area contributed by atoms with Crippen LogP contribution >= 0.6 is 0 Å². The number of aliphatic carboxylic acids is 1. The molecule has 0 aromatic carbocycles. The predicted octanol–water partition coefficient (Wildman–Crippen LogP) is 2.30. The van der Waals surface area contributed by atoms with Crippen molar-refractivity contribution in [2.45, 2.75) is 39.5 Å². The van der Waals surface area contributed by atoms with E-state index in [0.717, 1.165) is 25.9 Å². The van der Waals surface area contributed by atoms with E-state index < -0.39 is 11.4 Å². The Balaban J connectivity index is 2.19. The summed E-state index contributed by atoms with van der Waals surface area (Å²) in [6.45, 7) is 5.51. The Bertz CT molecular complexity index is 195. The molecule has 1 aliphatic carbocycles. The first-order valence-electron chi connectivity index (χ1n) is 5.38. The van der Waals surface area contributed by atoms with Crippen LogP contribution in [0.3, 0.4) is 0 Å². The lowest BCUT2D eigenvalue weighted by Crippen LogP contribution is -2.38. The van der Waals surface area contributed by atoms with Gasteiger partial charge in [-0.25, -0.2) is 0 Å². The van der Waals surface area contributed by atoms with E-state index in [9.17, 15) is 4.79 Å². The van der Waals surface area contributed by atoms with E-state index in [-0.39, 0.29) is 0 Å². The van der Waals surface area contributed by atoms with Crippen LogP contribution in [0.5, 0.6) is 0 Å². The van der Waals surface area contributed by atoms with Crippen LogP contribution in [0, 0.1) is 11.3 Å². The molecule has 1 fully saturated rings. The highest BCUT2D eigenvalue weighted by Gasteiger charge is 2.43. The van der Waals surface area contributed by atoms with Crippen LogP contribution in [0.4, 0.5) is 0 Å². The minimum Gasteiger partial charge on any atom is -0.481 e. The molecule has 0 unspecified atom stereocenters. The smallest absolute Gasteiger partial charge is 0.309 e. The second-order valence-corrected chi connectivity index (χ2v) is 4.66. The Kier molecular flexibility index (Phi) is 3.93. The summed E-state index contributed by atoms with van der Waals surface area (Å²) in [6.07, 6.45) is 3.38. The third-order valence-electron chi connectivity index (χ3n) is 2.94. The Morgan fingerprint density at radius 3 is 2.50 bits per heavy atom. The van der Waals surface area contributed by atoms with Crippen LogP contribution < -0.4 is 0 Å². The van der Waals surface area contributed by atoms with Crippen LogP contribution in [-0.4, -0.2) is 24.3 Å². The van der Waals surface area contributed by atoms with Crippen molar-refractivity contribution in [2.24, 2.45) is 11.3 Å². The third kappa shape index (κ3) is 2.71. The summed E-state index contributed by atoms with van der Waals surface area (Å²) in [5.41, 5.74) is -0.447. The molecule has 0 spiro atoms. The molecule has 3 nitrogen and oxygen atoms in total. The van der Waals surface area contributed by atoms with Gasteiger partial charge in [-0.05, 0) is 25.2 Å². The molecule has 0 bridgehead atoms. The Hall–Kier alpha value is -0.570. The molecule has 1 aliphatic rings. The van der Waals surface area contributed by atoms with Gasteiger partial charge in [-0.3, -0.25) is 4.79 Å². The van der Waals surface area contributed by atoms with Gasteiger partial charge in [0.25, 0.3) is 0 Å². The fourth-order valence-electron chi connectivity index (χ4n) is 1.76. The summed E-state index contributed by atoms with van der Waals surface area (Å²) in [6, 6.07) is 0. The van der Waals surface area contributed by atoms with Gasteiger partial charge in [0, 0.05) is 13.2 Å². The van der Waals surface area contributed by atoms with Gasteiger partial charge in [0.15, 0.2) is 0 Å². The van der Waals surface area contributed by atoms with Gasteiger partial charge >= 0.3 is 5.97 Å². The standard InChI is InChI=1S/C11H20O3/c1-9(2)8-14-7-6-11(10(12)13)4-3-5-11/h9H,3-8H2,1-2H3,(H,12,13). The van der Waals surface area contributed by atoms with Crippen molar-refractivity contribution in [3.63, 3.8) is 0 Å². The first-order chi connectivity index (χ1) is 6.57. The average Bonchev–Trinajstić information content (AvgIpc) is 1.99. The van der Waals surface area contributed by atoms with Gasteiger partial charge in [0.2, 0.25) is 0 Å². The van der Waals surface area contributed by atoms with Crippen LogP contribution in [0.2, 0.25) is 0 Å². The first kappa shape index (κ1) is 11.5. The second kappa shape index (κ2) is 4.78. The zero-order chi connectivity index (χ0) is 10.6. The molecule has 0 radical (unpaired) electrons. The van der Waals surface area contributed by atoms with E-state index in [4.69, 9.17) is 9.84 Å². The SMILES string of the molecule is CC(C)COCCC1(C(=O)O)CCC1. The van der Waals surface area contributed by atoms with Crippen LogP contribution in [0.25, 0.3) is 0 Å². The van der Waals surface area contributed by atoms with Crippen molar-refractivity contribution < 1.29 is 14.6 Å². The first-order valence-corrected chi connectivity index (χ1v) is 5.38. The van der Waals surface area contributed by atoms with Gasteiger partial charge in [0.05, 0.1) is 5.41 Å². The molecular weight excluding hydrogens is 180 g/mol. The van der Waals surface area contributed by atoms with E-state index in [2.05, 4.69) is 13.8 Å². The van der Waals surface area contributed by atoms with Crippen molar-refractivity contribution in [3.8, 4) is 0 Å². The van der Waals surface area contributed by atoms with Gasteiger partial charge in [0.1, 0.15) is 0 Å². The van der Waals surface area contributed by atoms with E-state index in [0.29, 0.717) is 18.9 Å². The van der Waals surface area contributed by atoms with E-state index in [1.54, 1.807) is 0 Å². The molecule has 14 heavy (non-hydrogen) atoms. The van der Waals surface area contributed by atoms with Crippen LogP contribution in [0.1, 0.15) is 39.5 Å². The Morgan fingerprint density at radius 2 is 2.14 bits per heavy atom. The van der Waals surface area contributed by atoms with Gasteiger partial charge in [-0.2, -0.15) is 0 Å². The summed E-state index contributed by atoms with van der Waals surface area (Å²) in [5.74, 6) is -0.117. The molecule has 0 aromatic rings. The number of carboxylic acids is 1. The van der Waals surface area contributed by atoms with Crippen LogP contribution in [-0.2, 0) is 9.53 Å². The maximum absolute atomic E-state index is 11.0. The minimum atomic E-state index is -0.642. The maximum Gasteiger partial charge on any atom is 0.309 e. The zero-order valence-corrected chi connectivity index (χ0v) is 9.08. The summed E-state index contributed by atoms with van der Waals surface area (Å²) >= 11 is 0. The molecule has 0 saturated heterocycles. The monoisotopic (exact) mass is 200 g/mol. The highest BCUT2D eigenvalue weighted by molar-refractivity contribution is 5.75. The Morgan fingerprint density at radius 1 is 1.50 bits per heavy atom. The number of rotatable bonds is 6. The normalized spacial score (nSPS) is 19.4. The number of hydrogen-bond donors (Lipinski definition) is 1. The van der Waals surface area contributed by atoms with E-state index >= 15 is 0 Å². The molecule has 1 N–H and O–H groups in total. The molecular formula is C11H20O3. The van der Waals surface area contributed by atoms with Crippen molar-refractivity contribution in [2.75, 3.05) is 13.2 Å². The van der Waals surface area contributed by atoms with Crippen molar-refractivity contribution in [1.29, 1.82) is 0 Å². The lowest BCUT2D eigenvalue weighted by Gasteiger charge is -2.37. The predicted molar refractivity (Wildman–Crippen MR) is 54.2 cm³/mol. The second-order valence-electron chi connectivity index (χ2n) is 4.66. The summed E-state index contributed by atoms with van der Waals surface area (Å²) < 4.78 is 5.41. The largest absolute Gasteiger partial charge is 0.481 e. The molecule has 0 aromatic heterocycles. The molecule has 0 amide bonds. The fraction of sp³-hybridized carbons (Fsp3) is 0.909. The molecule has 1 saturated carbocycles. The quantitative estimate of drug-likeness (QED) is 0.669. The zero-order valence-electron chi connectivity index (χ0n) is 9.08. The minimum absolute atomic E-state index is 0.447. The van der Waals surface area contributed by atoms with Gasteiger partial charge < -0.3 is 9.84 Å².